The predicted molar refractivity (Wildman–Crippen MR) is 89.1 cm³/mol. The summed E-state index contributed by atoms with van der Waals surface area (Å²) in [6.07, 6.45) is 7.51. The van der Waals surface area contributed by atoms with Gasteiger partial charge in [-0.25, -0.2) is 13.2 Å². The zero-order valence-electron chi connectivity index (χ0n) is 13.2. The number of hydrogen-bond donors (Lipinski definition) is 1. The maximum Gasteiger partial charge on any atom is 0.338 e. The lowest BCUT2D eigenvalue weighted by Gasteiger charge is -2.29. The molecular formula is C16H18N2O5S. The lowest BCUT2D eigenvalue weighted by atomic mass is 10.0. The molecule has 128 valence electrons. The van der Waals surface area contributed by atoms with Crippen LogP contribution in [0.2, 0.25) is 0 Å². The highest BCUT2D eigenvalue weighted by atomic mass is 32.2. The van der Waals surface area contributed by atoms with Gasteiger partial charge in [-0.2, -0.15) is 0 Å². The van der Waals surface area contributed by atoms with Gasteiger partial charge in [-0.3, -0.25) is 9.10 Å². The molecule has 8 heteroatoms. The molecule has 0 atom stereocenters. The summed E-state index contributed by atoms with van der Waals surface area (Å²) in [6.45, 7) is 0.0641. The molecule has 7 nitrogen and oxygen atoms in total. The summed E-state index contributed by atoms with van der Waals surface area (Å²) in [5.74, 6) is 1.11. The van der Waals surface area contributed by atoms with Gasteiger partial charge in [0.05, 0.1) is 24.1 Å². The number of hydrogen-bond acceptors (Lipinski definition) is 5. The van der Waals surface area contributed by atoms with E-state index in [9.17, 15) is 18.0 Å². The fraction of sp³-hybridized carbons (Fsp3) is 0.375. The second-order valence-electron chi connectivity index (χ2n) is 5.34. The minimum absolute atomic E-state index is 0.0660. The van der Waals surface area contributed by atoms with E-state index in [1.54, 1.807) is 12.1 Å². The molecule has 0 unspecified atom stereocenters. The molecular weight excluding hydrogens is 332 g/mol. The van der Waals surface area contributed by atoms with Gasteiger partial charge in [0.25, 0.3) is 5.91 Å². The Kier molecular flexibility index (Phi) is 5.46. The molecule has 1 aromatic carbocycles. The molecule has 2 rings (SSSR count). The summed E-state index contributed by atoms with van der Waals surface area (Å²) in [4.78, 5) is 23.4. The number of rotatable bonds is 5. The molecule has 1 N–H and O–H groups in total. The van der Waals surface area contributed by atoms with Crippen molar-refractivity contribution in [2.24, 2.45) is 0 Å². The largest absolute Gasteiger partial charge is 0.452 e. The molecule has 0 fully saturated rings. The van der Waals surface area contributed by atoms with E-state index in [4.69, 9.17) is 11.2 Å². The van der Waals surface area contributed by atoms with Crippen LogP contribution in [0.4, 0.5) is 5.69 Å². The number of carbonyl (C=O) groups is 2. The average Bonchev–Trinajstić information content (AvgIpc) is 2.55. The van der Waals surface area contributed by atoms with E-state index in [-0.39, 0.29) is 12.1 Å². The van der Waals surface area contributed by atoms with Gasteiger partial charge in [-0.1, -0.05) is 5.92 Å². The summed E-state index contributed by atoms with van der Waals surface area (Å²) >= 11 is 0. The van der Waals surface area contributed by atoms with E-state index >= 15 is 0 Å². The number of amides is 1. The Morgan fingerprint density at radius 3 is 2.83 bits per heavy atom. The molecule has 0 saturated heterocycles. The molecule has 0 spiro atoms. The molecule has 0 saturated carbocycles. The monoisotopic (exact) mass is 350 g/mol. The first kappa shape index (κ1) is 17.8. The van der Waals surface area contributed by atoms with E-state index in [2.05, 4.69) is 11.2 Å². The lowest BCUT2D eigenvalue weighted by molar-refractivity contribution is -0.123. The number of benzene rings is 1. The number of nitrogens with one attached hydrogen (secondary N) is 1. The highest BCUT2D eigenvalue weighted by Crippen LogP contribution is 2.30. The topological polar surface area (TPSA) is 92.8 Å². The summed E-state index contributed by atoms with van der Waals surface area (Å²) < 4.78 is 29.9. The van der Waals surface area contributed by atoms with Crippen LogP contribution in [0.5, 0.6) is 0 Å². The van der Waals surface area contributed by atoms with Crippen molar-refractivity contribution in [2.75, 3.05) is 30.3 Å². The normalized spacial score (nSPS) is 13.6. The van der Waals surface area contributed by atoms with Crippen LogP contribution in [0.25, 0.3) is 0 Å². The number of fused-ring (bicyclic) bond motifs is 1. The minimum Gasteiger partial charge on any atom is -0.452 e. The summed E-state index contributed by atoms with van der Waals surface area (Å²) in [6, 6.07) is 4.68. The van der Waals surface area contributed by atoms with Crippen LogP contribution >= 0.6 is 0 Å². The van der Waals surface area contributed by atoms with Crippen molar-refractivity contribution in [3.05, 3.63) is 29.3 Å². The van der Waals surface area contributed by atoms with Crippen molar-refractivity contribution in [1.82, 2.24) is 5.32 Å². The van der Waals surface area contributed by atoms with Gasteiger partial charge in [0.2, 0.25) is 10.0 Å². The van der Waals surface area contributed by atoms with Crippen LogP contribution in [0.3, 0.4) is 0 Å². The number of terminal acetylenes is 1. The third-order valence-electron chi connectivity index (χ3n) is 3.51. The zero-order chi connectivity index (χ0) is 17.7. The van der Waals surface area contributed by atoms with Crippen molar-refractivity contribution in [3.8, 4) is 12.3 Å². The Morgan fingerprint density at radius 1 is 1.42 bits per heavy atom. The third kappa shape index (κ3) is 4.26. The molecule has 1 heterocycles. The summed E-state index contributed by atoms with van der Waals surface area (Å²) in [5, 5.41) is 2.39. The molecule has 1 amide bonds. The maximum atomic E-state index is 12.0. The number of ether oxygens (including phenoxy) is 1. The first-order chi connectivity index (χ1) is 11.3. The van der Waals surface area contributed by atoms with Gasteiger partial charge < -0.3 is 10.1 Å². The Balaban J connectivity index is 2.10. The van der Waals surface area contributed by atoms with Gasteiger partial charge in [-0.05, 0) is 36.6 Å². The predicted octanol–water partition coefficient (Wildman–Crippen LogP) is 0.305. The fourth-order valence-corrected chi connectivity index (χ4v) is 3.45. The van der Waals surface area contributed by atoms with Gasteiger partial charge in [-0.15, -0.1) is 6.42 Å². The van der Waals surface area contributed by atoms with Crippen molar-refractivity contribution >= 4 is 27.6 Å². The van der Waals surface area contributed by atoms with E-state index < -0.39 is 28.5 Å². The molecule has 0 bridgehead atoms. The first-order valence-electron chi connectivity index (χ1n) is 7.31. The van der Waals surface area contributed by atoms with Gasteiger partial charge in [0.15, 0.2) is 6.61 Å². The van der Waals surface area contributed by atoms with Crippen LogP contribution in [0, 0.1) is 12.3 Å². The van der Waals surface area contributed by atoms with Crippen LogP contribution in [-0.2, 0) is 26.0 Å². The fourth-order valence-electron chi connectivity index (χ4n) is 2.45. The lowest BCUT2D eigenvalue weighted by Crippen LogP contribution is -2.34. The van der Waals surface area contributed by atoms with E-state index in [1.807, 2.05) is 0 Å². The summed E-state index contributed by atoms with van der Waals surface area (Å²) in [7, 11) is -3.35. The minimum atomic E-state index is -3.35. The second-order valence-corrected chi connectivity index (χ2v) is 7.25. The molecule has 1 aliphatic rings. The van der Waals surface area contributed by atoms with Crippen LogP contribution in [0.1, 0.15) is 22.3 Å². The Morgan fingerprint density at radius 2 is 2.17 bits per heavy atom. The van der Waals surface area contributed by atoms with Crippen LogP contribution < -0.4 is 9.62 Å². The number of nitrogens with zero attached hydrogens (tertiary/aromatic N) is 1. The molecule has 0 aromatic heterocycles. The van der Waals surface area contributed by atoms with Crippen molar-refractivity contribution in [2.45, 2.75) is 12.8 Å². The first-order valence-corrected chi connectivity index (χ1v) is 9.15. The Bertz CT molecular complexity index is 795. The van der Waals surface area contributed by atoms with Crippen molar-refractivity contribution in [3.63, 3.8) is 0 Å². The molecule has 1 aliphatic heterocycles. The standard InChI is InChI=1S/C16H18N2O5S/c1-3-8-17-15(19)11-23-16(20)13-6-7-14-12(10-13)5-4-9-18(14)24(2,21)22/h1,6-7,10H,4-5,8-9,11H2,2H3,(H,17,19). The number of aryl methyl sites for hydroxylation is 1. The van der Waals surface area contributed by atoms with Gasteiger partial charge >= 0.3 is 5.97 Å². The highest BCUT2D eigenvalue weighted by Gasteiger charge is 2.25. The Labute approximate surface area is 141 Å². The molecule has 0 aliphatic carbocycles. The maximum absolute atomic E-state index is 12.0. The van der Waals surface area contributed by atoms with E-state index in [1.165, 1.54) is 10.4 Å². The SMILES string of the molecule is C#CCNC(=O)COC(=O)c1ccc2c(c1)CCCN2S(C)(=O)=O. The third-order valence-corrected chi connectivity index (χ3v) is 4.69. The summed E-state index contributed by atoms with van der Waals surface area (Å²) in [5.41, 5.74) is 1.61. The van der Waals surface area contributed by atoms with E-state index in [0.717, 1.165) is 11.8 Å². The second kappa shape index (κ2) is 7.36. The molecule has 0 radical (unpaired) electrons. The van der Waals surface area contributed by atoms with Crippen molar-refractivity contribution < 1.29 is 22.7 Å². The van der Waals surface area contributed by atoms with Crippen LogP contribution in [-0.4, -0.2) is 46.2 Å². The zero-order valence-corrected chi connectivity index (χ0v) is 14.1. The van der Waals surface area contributed by atoms with Crippen LogP contribution in [0.15, 0.2) is 18.2 Å². The average molecular weight is 350 g/mol. The molecule has 24 heavy (non-hydrogen) atoms. The number of anilines is 1. The Hall–Kier alpha value is -2.53. The highest BCUT2D eigenvalue weighted by molar-refractivity contribution is 7.92. The van der Waals surface area contributed by atoms with Gasteiger partial charge in [0.1, 0.15) is 0 Å². The number of esters is 1. The van der Waals surface area contributed by atoms with Gasteiger partial charge in [0, 0.05) is 6.54 Å². The molecule has 1 aromatic rings. The quantitative estimate of drug-likeness (QED) is 0.609. The smallest absolute Gasteiger partial charge is 0.338 e. The number of sulfonamides is 1. The number of carbonyl (C=O) groups excluding carboxylic acids is 2. The van der Waals surface area contributed by atoms with Crippen molar-refractivity contribution in [1.29, 1.82) is 0 Å². The van der Waals surface area contributed by atoms with E-state index in [0.29, 0.717) is 25.1 Å².